The molecular formula is C11H18N2O2. The molecule has 2 amide bonds. The van der Waals surface area contributed by atoms with Gasteiger partial charge in [-0.15, -0.1) is 0 Å². The second-order valence-electron chi connectivity index (χ2n) is 4.91. The summed E-state index contributed by atoms with van der Waals surface area (Å²) in [7, 11) is 0. The van der Waals surface area contributed by atoms with E-state index in [0.29, 0.717) is 18.4 Å². The summed E-state index contributed by atoms with van der Waals surface area (Å²) in [4.78, 5) is 24.3. The van der Waals surface area contributed by atoms with Crippen LogP contribution in [-0.2, 0) is 9.59 Å². The number of nitrogens with two attached hydrogens (primary N) is 1. The van der Waals surface area contributed by atoms with Crippen LogP contribution in [0.2, 0.25) is 0 Å². The Kier molecular flexibility index (Phi) is 2.67. The van der Waals surface area contributed by atoms with Gasteiger partial charge in [0, 0.05) is 12.6 Å². The minimum absolute atomic E-state index is 0.279. The summed E-state index contributed by atoms with van der Waals surface area (Å²) in [5.74, 6) is -0.183. The summed E-state index contributed by atoms with van der Waals surface area (Å²) >= 11 is 0. The monoisotopic (exact) mass is 210 g/mol. The van der Waals surface area contributed by atoms with Crippen LogP contribution in [0.1, 0.15) is 32.6 Å². The normalized spacial score (nSPS) is 31.4. The quantitative estimate of drug-likeness (QED) is 0.641. The molecule has 2 fully saturated rings. The van der Waals surface area contributed by atoms with Crippen LogP contribution in [0, 0.1) is 11.8 Å². The van der Waals surface area contributed by atoms with Crippen LogP contribution < -0.4 is 5.73 Å². The van der Waals surface area contributed by atoms with Crippen molar-refractivity contribution in [2.75, 3.05) is 6.54 Å². The maximum absolute atomic E-state index is 11.6. The van der Waals surface area contributed by atoms with E-state index in [0.717, 1.165) is 12.8 Å². The number of piperidine rings is 1. The van der Waals surface area contributed by atoms with Crippen LogP contribution in [-0.4, -0.2) is 29.3 Å². The minimum atomic E-state index is -0.810. The van der Waals surface area contributed by atoms with Gasteiger partial charge in [-0.25, -0.2) is 0 Å². The zero-order valence-corrected chi connectivity index (χ0v) is 9.11. The van der Waals surface area contributed by atoms with Crippen molar-refractivity contribution in [2.45, 2.75) is 38.6 Å². The largest absolute Gasteiger partial charge is 0.361 e. The highest BCUT2D eigenvalue weighted by Gasteiger charge is 2.41. The third kappa shape index (κ3) is 2.13. The predicted molar refractivity (Wildman–Crippen MR) is 55.8 cm³/mol. The van der Waals surface area contributed by atoms with E-state index in [1.54, 1.807) is 4.90 Å². The highest BCUT2D eigenvalue weighted by Crippen LogP contribution is 2.40. The first kappa shape index (κ1) is 10.5. The molecule has 0 unspecified atom stereocenters. The summed E-state index contributed by atoms with van der Waals surface area (Å²) in [6.45, 7) is 2.81. The minimum Gasteiger partial charge on any atom is -0.361 e. The average Bonchev–Trinajstić information content (AvgIpc) is 3.00. The van der Waals surface area contributed by atoms with Gasteiger partial charge in [0.2, 0.25) is 0 Å². The third-order valence-electron chi connectivity index (χ3n) is 3.50. The number of carbonyl (C=O) groups excluding carboxylic acids is 2. The number of nitrogens with zero attached hydrogens (tertiary/aromatic N) is 1. The van der Waals surface area contributed by atoms with Crippen LogP contribution in [0.25, 0.3) is 0 Å². The Bertz CT molecular complexity index is 286. The number of likely N-dealkylation sites (tertiary alicyclic amines) is 1. The van der Waals surface area contributed by atoms with Crippen molar-refractivity contribution in [1.82, 2.24) is 4.90 Å². The lowest BCUT2D eigenvalue weighted by atomic mass is 9.91. The van der Waals surface area contributed by atoms with E-state index in [4.69, 9.17) is 5.73 Å². The Morgan fingerprint density at radius 1 is 1.20 bits per heavy atom. The van der Waals surface area contributed by atoms with Crippen LogP contribution in [0.3, 0.4) is 0 Å². The maximum Gasteiger partial charge on any atom is 0.311 e. The predicted octanol–water partition coefficient (Wildman–Crippen LogP) is 0.509. The molecule has 0 aromatic carbocycles. The van der Waals surface area contributed by atoms with Crippen LogP contribution in [0.5, 0.6) is 0 Å². The van der Waals surface area contributed by atoms with Crippen molar-refractivity contribution in [3.05, 3.63) is 0 Å². The van der Waals surface area contributed by atoms with Crippen LogP contribution >= 0.6 is 0 Å². The fourth-order valence-electron chi connectivity index (χ4n) is 2.52. The van der Waals surface area contributed by atoms with Crippen molar-refractivity contribution in [2.24, 2.45) is 17.6 Å². The Balaban J connectivity index is 2.08. The Morgan fingerprint density at radius 3 is 2.40 bits per heavy atom. The lowest BCUT2D eigenvalue weighted by Gasteiger charge is -2.38. The molecule has 0 radical (unpaired) electrons. The number of primary amides is 1. The first-order valence-electron chi connectivity index (χ1n) is 5.70. The number of hydrogen-bond acceptors (Lipinski definition) is 2. The molecule has 1 aliphatic heterocycles. The molecule has 0 aromatic rings. The molecule has 2 atom stereocenters. The van der Waals surface area contributed by atoms with Crippen molar-refractivity contribution in [3.8, 4) is 0 Å². The van der Waals surface area contributed by atoms with E-state index in [9.17, 15) is 9.59 Å². The Morgan fingerprint density at radius 2 is 1.87 bits per heavy atom. The highest BCUT2D eigenvalue weighted by molar-refractivity contribution is 6.34. The number of hydrogen-bond donors (Lipinski definition) is 1. The fourth-order valence-corrected chi connectivity index (χ4v) is 2.52. The molecule has 1 aliphatic carbocycles. The lowest BCUT2D eigenvalue weighted by Crippen LogP contribution is -2.51. The molecule has 4 heteroatoms. The van der Waals surface area contributed by atoms with Gasteiger partial charge in [0.05, 0.1) is 0 Å². The van der Waals surface area contributed by atoms with Gasteiger partial charge < -0.3 is 10.6 Å². The maximum atomic E-state index is 11.6. The van der Waals surface area contributed by atoms with E-state index in [1.165, 1.54) is 12.8 Å². The van der Waals surface area contributed by atoms with Gasteiger partial charge in [0.15, 0.2) is 0 Å². The number of amides is 2. The fraction of sp³-hybridized carbons (Fsp3) is 0.818. The SMILES string of the molecule is C[C@H]1CC[C@H](C2CC2)N(C(=O)C(N)=O)C1. The average molecular weight is 210 g/mol. The van der Waals surface area contributed by atoms with E-state index >= 15 is 0 Å². The molecule has 1 saturated heterocycles. The highest BCUT2D eigenvalue weighted by atomic mass is 16.2. The first-order chi connectivity index (χ1) is 7.09. The Labute approximate surface area is 89.8 Å². The molecule has 1 heterocycles. The molecule has 2 aliphatic rings. The zero-order chi connectivity index (χ0) is 11.0. The second kappa shape index (κ2) is 3.83. The molecule has 84 valence electrons. The summed E-state index contributed by atoms with van der Waals surface area (Å²) in [5.41, 5.74) is 5.06. The summed E-state index contributed by atoms with van der Waals surface area (Å²) < 4.78 is 0. The molecule has 2 N–H and O–H groups in total. The smallest absolute Gasteiger partial charge is 0.311 e. The van der Waals surface area contributed by atoms with Gasteiger partial charge >= 0.3 is 11.8 Å². The summed E-state index contributed by atoms with van der Waals surface area (Å²) in [6.07, 6.45) is 4.58. The standard InChI is InChI=1S/C11H18N2O2/c1-7-2-5-9(8-3-4-8)13(6-7)11(15)10(12)14/h7-9H,2-6H2,1H3,(H2,12,14)/t7-,9+/m0/s1. The van der Waals surface area contributed by atoms with Gasteiger partial charge in [0.25, 0.3) is 0 Å². The molecule has 1 saturated carbocycles. The summed E-state index contributed by atoms with van der Waals surface area (Å²) in [6, 6.07) is 0.279. The molecule has 0 bridgehead atoms. The van der Waals surface area contributed by atoms with Gasteiger partial charge in [-0.3, -0.25) is 9.59 Å². The van der Waals surface area contributed by atoms with Crippen molar-refractivity contribution >= 4 is 11.8 Å². The van der Waals surface area contributed by atoms with Gasteiger partial charge in [-0.1, -0.05) is 6.92 Å². The molecule has 2 rings (SSSR count). The third-order valence-corrected chi connectivity index (χ3v) is 3.50. The first-order valence-corrected chi connectivity index (χ1v) is 5.70. The van der Waals surface area contributed by atoms with Crippen molar-refractivity contribution in [1.29, 1.82) is 0 Å². The van der Waals surface area contributed by atoms with Crippen LogP contribution in [0.4, 0.5) is 0 Å². The topological polar surface area (TPSA) is 63.4 Å². The summed E-state index contributed by atoms with van der Waals surface area (Å²) in [5, 5.41) is 0. The molecule has 4 nitrogen and oxygen atoms in total. The van der Waals surface area contributed by atoms with Crippen molar-refractivity contribution < 1.29 is 9.59 Å². The molecular weight excluding hydrogens is 192 g/mol. The number of rotatable bonds is 1. The van der Waals surface area contributed by atoms with Gasteiger partial charge in [-0.05, 0) is 37.5 Å². The van der Waals surface area contributed by atoms with E-state index in [-0.39, 0.29) is 6.04 Å². The van der Waals surface area contributed by atoms with E-state index in [2.05, 4.69) is 6.92 Å². The van der Waals surface area contributed by atoms with E-state index < -0.39 is 11.8 Å². The molecule has 0 spiro atoms. The molecule has 15 heavy (non-hydrogen) atoms. The van der Waals surface area contributed by atoms with Crippen molar-refractivity contribution in [3.63, 3.8) is 0 Å². The second-order valence-corrected chi connectivity index (χ2v) is 4.91. The molecule has 0 aromatic heterocycles. The Hall–Kier alpha value is -1.06. The zero-order valence-electron chi connectivity index (χ0n) is 9.11. The lowest BCUT2D eigenvalue weighted by molar-refractivity contribution is -0.147. The van der Waals surface area contributed by atoms with Crippen LogP contribution in [0.15, 0.2) is 0 Å². The van der Waals surface area contributed by atoms with Gasteiger partial charge in [-0.2, -0.15) is 0 Å². The van der Waals surface area contributed by atoms with Gasteiger partial charge in [0.1, 0.15) is 0 Å². The number of carbonyl (C=O) groups is 2. The van der Waals surface area contributed by atoms with E-state index in [1.807, 2.05) is 0 Å².